The van der Waals surface area contributed by atoms with Crippen molar-refractivity contribution < 1.29 is 4.79 Å². The first-order chi connectivity index (χ1) is 9.69. The molecule has 1 aliphatic rings. The van der Waals surface area contributed by atoms with E-state index in [0.717, 1.165) is 19.1 Å². The number of carbonyl (C=O) groups is 1. The van der Waals surface area contributed by atoms with Crippen LogP contribution in [0.3, 0.4) is 0 Å². The van der Waals surface area contributed by atoms with Gasteiger partial charge in [-0.05, 0) is 50.0 Å². The molecule has 0 unspecified atom stereocenters. The van der Waals surface area contributed by atoms with E-state index >= 15 is 0 Å². The van der Waals surface area contributed by atoms with Gasteiger partial charge >= 0.3 is 0 Å². The van der Waals surface area contributed by atoms with Gasteiger partial charge < -0.3 is 9.69 Å². The van der Waals surface area contributed by atoms with Crippen molar-refractivity contribution in [2.75, 3.05) is 11.9 Å². The summed E-state index contributed by atoms with van der Waals surface area (Å²) in [5.74, 6) is 0. The smallest absolute Gasteiger partial charge is 0.116 e. The van der Waals surface area contributed by atoms with Crippen molar-refractivity contribution in [3.05, 3.63) is 65.9 Å². The summed E-state index contributed by atoms with van der Waals surface area (Å²) < 4.78 is 0. The lowest BCUT2D eigenvalue weighted by atomic mass is 10.0. The Morgan fingerprint density at radius 2 is 1.85 bits per heavy atom. The molecule has 0 saturated carbocycles. The topological polar surface area (TPSA) is 20.3 Å². The van der Waals surface area contributed by atoms with Crippen molar-refractivity contribution in [1.29, 1.82) is 0 Å². The molecule has 0 fully saturated rings. The third-order valence-corrected chi connectivity index (χ3v) is 3.28. The molecule has 0 aromatic heterocycles. The van der Waals surface area contributed by atoms with Crippen LogP contribution in [-0.2, 0) is 11.2 Å². The summed E-state index contributed by atoms with van der Waals surface area (Å²) in [5, 5.41) is 0. The Balaban J connectivity index is 0.000000612. The summed E-state index contributed by atoms with van der Waals surface area (Å²) in [5.41, 5.74) is 5.29. The molecule has 1 heterocycles. The summed E-state index contributed by atoms with van der Waals surface area (Å²) in [6, 6.07) is 8.61. The minimum absolute atomic E-state index is 0.750. The second kappa shape index (κ2) is 8.16. The zero-order chi connectivity index (χ0) is 15.0. The van der Waals surface area contributed by atoms with E-state index in [4.69, 9.17) is 4.79 Å². The number of benzene rings is 1. The second-order valence-corrected chi connectivity index (χ2v) is 4.54. The van der Waals surface area contributed by atoms with Crippen LogP contribution in [0.25, 0.3) is 0 Å². The number of aldehydes is 1. The highest BCUT2D eigenvalue weighted by atomic mass is 16.1. The minimum atomic E-state index is 0.750. The van der Waals surface area contributed by atoms with E-state index in [9.17, 15) is 0 Å². The summed E-state index contributed by atoms with van der Waals surface area (Å²) in [4.78, 5) is 11.1. The highest BCUT2D eigenvalue weighted by Gasteiger charge is 2.16. The quantitative estimate of drug-likeness (QED) is 0.746. The lowest BCUT2D eigenvalue weighted by molar-refractivity contribution is -0.106. The van der Waals surface area contributed by atoms with Gasteiger partial charge in [-0.15, -0.1) is 0 Å². The fraction of sp³-hybridized carbons (Fsp3) is 0.278. The summed E-state index contributed by atoms with van der Waals surface area (Å²) in [6.07, 6.45) is 9.13. The number of nitrogens with zero attached hydrogens (tertiary/aromatic N) is 1. The molecule has 1 aliphatic heterocycles. The number of allylic oxidation sites excluding steroid dienone is 4. The number of hydrogen-bond donors (Lipinski definition) is 0. The van der Waals surface area contributed by atoms with Crippen molar-refractivity contribution in [3.8, 4) is 0 Å². The number of anilines is 1. The Morgan fingerprint density at radius 3 is 2.45 bits per heavy atom. The first kappa shape index (κ1) is 16.0. The standard InChI is InChI=1S/C16H19N.C2H4O/c1-4-8-15-13(5-2)11-12-14-9-6-7-10-16(14)17(15)3;1-2-3/h4-10H,2,11-12H2,1,3H3;2H,1H3/b8-4-;. The number of rotatable bonds is 2. The van der Waals surface area contributed by atoms with Crippen molar-refractivity contribution in [1.82, 2.24) is 0 Å². The maximum absolute atomic E-state index is 8.81. The van der Waals surface area contributed by atoms with Gasteiger partial charge in [-0.1, -0.05) is 36.9 Å². The Labute approximate surface area is 122 Å². The molecule has 2 heteroatoms. The van der Waals surface area contributed by atoms with Gasteiger partial charge in [0.25, 0.3) is 0 Å². The molecule has 2 nitrogen and oxygen atoms in total. The predicted molar refractivity (Wildman–Crippen MR) is 86.9 cm³/mol. The molecular weight excluding hydrogens is 246 g/mol. The van der Waals surface area contributed by atoms with E-state index in [2.05, 4.69) is 61.9 Å². The molecule has 0 amide bonds. The van der Waals surface area contributed by atoms with Gasteiger partial charge in [-0.2, -0.15) is 0 Å². The summed E-state index contributed by atoms with van der Waals surface area (Å²) >= 11 is 0. The first-order valence-corrected chi connectivity index (χ1v) is 6.89. The van der Waals surface area contributed by atoms with E-state index in [1.807, 2.05) is 6.08 Å². The average Bonchev–Trinajstić information content (AvgIpc) is 2.59. The van der Waals surface area contributed by atoms with Crippen LogP contribution in [0.15, 0.2) is 60.3 Å². The Bertz CT molecular complexity index is 526. The van der Waals surface area contributed by atoms with Crippen LogP contribution in [0.1, 0.15) is 25.8 Å². The second-order valence-electron chi connectivity index (χ2n) is 4.54. The van der Waals surface area contributed by atoms with Crippen molar-refractivity contribution in [2.24, 2.45) is 0 Å². The van der Waals surface area contributed by atoms with Crippen LogP contribution >= 0.6 is 0 Å². The molecule has 0 bridgehead atoms. The average molecular weight is 269 g/mol. The van der Waals surface area contributed by atoms with Crippen LogP contribution in [0.4, 0.5) is 5.69 Å². The van der Waals surface area contributed by atoms with Crippen LogP contribution in [0.2, 0.25) is 0 Å². The molecule has 1 aromatic rings. The van der Waals surface area contributed by atoms with E-state index in [1.54, 1.807) is 0 Å². The fourth-order valence-electron chi connectivity index (χ4n) is 2.38. The fourth-order valence-corrected chi connectivity index (χ4v) is 2.38. The molecule has 0 spiro atoms. The number of para-hydroxylation sites is 1. The third kappa shape index (κ3) is 3.70. The van der Waals surface area contributed by atoms with Crippen molar-refractivity contribution in [3.63, 3.8) is 0 Å². The van der Waals surface area contributed by atoms with Gasteiger partial charge in [0.15, 0.2) is 0 Å². The number of aryl methyl sites for hydroxylation is 1. The normalized spacial score (nSPS) is 14.2. The van der Waals surface area contributed by atoms with Gasteiger partial charge in [-0.25, -0.2) is 0 Å². The molecule has 1 aromatic carbocycles. The van der Waals surface area contributed by atoms with Gasteiger partial charge in [0, 0.05) is 18.4 Å². The maximum atomic E-state index is 8.81. The molecule has 106 valence electrons. The van der Waals surface area contributed by atoms with Gasteiger partial charge in [0.2, 0.25) is 0 Å². The SMILES string of the molecule is C=CC1=C(/C=C\C)N(C)c2ccccc2CC1.CC=O. The molecule has 0 radical (unpaired) electrons. The highest BCUT2D eigenvalue weighted by molar-refractivity contribution is 5.62. The van der Waals surface area contributed by atoms with Crippen molar-refractivity contribution >= 4 is 12.0 Å². The van der Waals surface area contributed by atoms with Gasteiger partial charge in [0.05, 0.1) is 0 Å². The van der Waals surface area contributed by atoms with Crippen LogP contribution in [0, 0.1) is 0 Å². The zero-order valence-electron chi connectivity index (χ0n) is 12.6. The lowest BCUT2D eigenvalue weighted by Gasteiger charge is -2.22. The first-order valence-electron chi connectivity index (χ1n) is 6.89. The van der Waals surface area contributed by atoms with E-state index in [0.29, 0.717) is 0 Å². The van der Waals surface area contributed by atoms with Gasteiger partial charge in [-0.3, -0.25) is 0 Å². The van der Waals surface area contributed by atoms with E-state index in [-0.39, 0.29) is 0 Å². The predicted octanol–water partition coefficient (Wildman–Crippen LogP) is 4.29. The summed E-state index contributed by atoms with van der Waals surface area (Å²) in [7, 11) is 2.13. The minimum Gasteiger partial charge on any atom is -0.344 e. The number of hydrogen-bond acceptors (Lipinski definition) is 2. The molecule has 0 N–H and O–H groups in total. The maximum Gasteiger partial charge on any atom is 0.116 e. The molecular formula is C18H23NO. The van der Waals surface area contributed by atoms with Crippen LogP contribution < -0.4 is 4.90 Å². The van der Waals surface area contributed by atoms with Crippen molar-refractivity contribution in [2.45, 2.75) is 26.7 Å². The number of likely N-dealkylation sites (N-methyl/N-ethyl adjacent to an activating group) is 1. The highest BCUT2D eigenvalue weighted by Crippen LogP contribution is 2.31. The molecule has 20 heavy (non-hydrogen) atoms. The summed E-state index contributed by atoms with van der Waals surface area (Å²) in [6.45, 7) is 7.44. The lowest BCUT2D eigenvalue weighted by Crippen LogP contribution is -2.16. The van der Waals surface area contributed by atoms with Crippen LogP contribution in [-0.4, -0.2) is 13.3 Å². The van der Waals surface area contributed by atoms with Gasteiger partial charge in [0.1, 0.15) is 6.29 Å². The third-order valence-electron chi connectivity index (χ3n) is 3.28. The Kier molecular flexibility index (Phi) is 6.51. The zero-order valence-corrected chi connectivity index (χ0v) is 12.6. The largest absolute Gasteiger partial charge is 0.344 e. The molecule has 0 aliphatic carbocycles. The monoisotopic (exact) mass is 269 g/mol. The Hall–Kier alpha value is -2.09. The molecule has 0 atom stereocenters. The van der Waals surface area contributed by atoms with E-state index in [1.165, 1.54) is 29.4 Å². The molecule has 2 rings (SSSR count). The Morgan fingerprint density at radius 1 is 1.20 bits per heavy atom. The number of fused-ring (bicyclic) bond motifs is 1. The molecule has 0 saturated heterocycles. The van der Waals surface area contributed by atoms with Crippen LogP contribution in [0.5, 0.6) is 0 Å². The van der Waals surface area contributed by atoms with E-state index < -0.39 is 0 Å². The number of carbonyl (C=O) groups excluding carboxylic acids is 1.